The van der Waals surface area contributed by atoms with Crippen molar-refractivity contribution < 1.29 is 31.8 Å². The van der Waals surface area contributed by atoms with Crippen LogP contribution < -0.4 is 4.74 Å². The number of nitrogens with zero attached hydrogens (tertiary/aromatic N) is 3. The predicted octanol–water partition coefficient (Wildman–Crippen LogP) is 5.16. The van der Waals surface area contributed by atoms with Gasteiger partial charge in [-0.3, -0.25) is 0 Å². The van der Waals surface area contributed by atoms with E-state index in [2.05, 4.69) is 10.3 Å². The van der Waals surface area contributed by atoms with Crippen LogP contribution in [-0.4, -0.2) is 27.6 Å². The van der Waals surface area contributed by atoms with Gasteiger partial charge >= 0.3 is 12.1 Å². The number of carbonyl (C=O) groups excluding carboxylic acids is 1. The van der Waals surface area contributed by atoms with Gasteiger partial charge in [0.15, 0.2) is 11.6 Å². The molecule has 29 heavy (non-hydrogen) atoms. The predicted molar refractivity (Wildman–Crippen MR) is 95.4 cm³/mol. The average molecular weight is 432 g/mol. The van der Waals surface area contributed by atoms with Gasteiger partial charge in [0.2, 0.25) is 0 Å². The minimum Gasteiger partial charge on any atom is -0.464 e. The number of alkyl halides is 3. The molecule has 0 saturated carbocycles. The zero-order valence-electron chi connectivity index (χ0n) is 15.1. The van der Waals surface area contributed by atoms with Crippen LogP contribution in [0.1, 0.15) is 25.5 Å². The van der Waals surface area contributed by atoms with Crippen molar-refractivity contribution in [3.05, 3.63) is 46.7 Å². The normalized spacial score (nSPS) is 12.8. The fraction of sp³-hybridized carbons (Fsp3) is 0.278. The van der Waals surface area contributed by atoms with Crippen molar-refractivity contribution in [2.24, 2.45) is 0 Å². The summed E-state index contributed by atoms with van der Waals surface area (Å²) < 4.78 is 64.1. The Kier molecular flexibility index (Phi) is 5.65. The molecule has 154 valence electrons. The van der Waals surface area contributed by atoms with Crippen LogP contribution in [0.15, 0.2) is 30.3 Å². The van der Waals surface area contributed by atoms with E-state index in [1.165, 1.54) is 22.9 Å². The molecular formula is C18H14ClF4N3O3. The minimum atomic E-state index is -4.75. The molecular weight excluding hydrogens is 418 g/mol. The topological polar surface area (TPSA) is 66.2 Å². The maximum absolute atomic E-state index is 14.2. The first kappa shape index (κ1) is 20.8. The first-order valence-electron chi connectivity index (χ1n) is 8.37. The quantitative estimate of drug-likeness (QED) is 0.412. The van der Waals surface area contributed by atoms with Crippen LogP contribution >= 0.6 is 11.6 Å². The summed E-state index contributed by atoms with van der Waals surface area (Å²) in [5.41, 5.74) is -0.424. The van der Waals surface area contributed by atoms with Gasteiger partial charge in [-0.1, -0.05) is 16.8 Å². The van der Waals surface area contributed by atoms with Crippen molar-refractivity contribution in [1.29, 1.82) is 0 Å². The third kappa shape index (κ3) is 4.26. The summed E-state index contributed by atoms with van der Waals surface area (Å²) >= 11 is 5.79. The van der Waals surface area contributed by atoms with Crippen LogP contribution in [0.5, 0.6) is 11.5 Å². The lowest BCUT2D eigenvalue weighted by atomic mass is 10.2. The van der Waals surface area contributed by atoms with E-state index in [-0.39, 0.29) is 12.4 Å². The molecule has 3 aromatic rings. The number of fused-ring (bicyclic) bond motifs is 1. The van der Waals surface area contributed by atoms with E-state index in [9.17, 15) is 22.4 Å². The third-order valence-electron chi connectivity index (χ3n) is 3.98. The standard InChI is InChI=1S/C18H14ClF4N3O3/c1-3-28-17(27)9(2)26-15-8-11(4-5-14(15)24-25-26)29-16-12(19)6-10(7-13(16)20)18(21,22)23/h4-9H,3H2,1-2H3. The van der Waals surface area contributed by atoms with Crippen LogP contribution in [0.4, 0.5) is 17.6 Å². The second-order valence-electron chi connectivity index (χ2n) is 5.98. The molecule has 0 fully saturated rings. The molecule has 0 aliphatic heterocycles. The molecule has 0 saturated heterocycles. The van der Waals surface area contributed by atoms with Crippen molar-refractivity contribution in [3.8, 4) is 11.5 Å². The summed E-state index contributed by atoms with van der Waals surface area (Å²) in [6.07, 6.45) is -4.75. The van der Waals surface area contributed by atoms with Crippen molar-refractivity contribution in [1.82, 2.24) is 15.0 Å². The van der Waals surface area contributed by atoms with Crippen molar-refractivity contribution in [2.45, 2.75) is 26.1 Å². The highest BCUT2D eigenvalue weighted by Gasteiger charge is 2.32. The van der Waals surface area contributed by atoms with Crippen molar-refractivity contribution in [2.75, 3.05) is 6.61 Å². The highest BCUT2D eigenvalue weighted by atomic mass is 35.5. The monoisotopic (exact) mass is 431 g/mol. The molecule has 6 nitrogen and oxygen atoms in total. The lowest BCUT2D eigenvalue weighted by molar-refractivity contribution is -0.146. The SMILES string of the molecule is CCOC(=O)C(C)n1nnc2ccc(Oc3c(F)cc(C(F)(F)F)cc3Cl)cc21. The van der Waals surface area contributed by atoms with Crippen molar-refractivity contribution in [3.63, 3.8) is 0 Å². The summed E-state index contributed by atoms with van der Waals surface area (Å²) in [5, 5.41) is 7.30. The number of halogens is 5. The van der Waals surface area contributed by atoms with Gasteiger partial charge in [0.05, 0.1) is 22.7 Å². The Bertz CT molecular complexity index is 1050. The number of hydrogen-bond donors (Lipinski definition) is 0. The zero-order chi connectivity index (χ0) is 21.3. The third-order valence-corrected chi connectivity index (χ3v) is 4.26. The fourth-order valence-electron chi connectivity index (χ4n) is 2.57. The molecule has 0 bridgehead atoms. The molecule has 2 aromatic carbocycles. The molecule has 0 spiro atoms. The lowest BCUT2D eigenvalue weighted by Gasteiger charge is -2.13. The smallest absolute Gasteiger partial charge is 0.416 e. The Morgan fingerprint density at radius 3 is 2.62 bits per heavy atom. The average Bonchev–Trinajstić information content (AvgIpc) is 3.06. The van der Waals surface area contributed by atoms with Crippen molar-refractivity contribution >= 4 is 28.6 Å². The molecule has 1 heterocycles. The van der Waals surface area contributed by atoms with E-state index in [0.717, 1.165) is 0 Å². The van der Waals surface area contributed by atoms with E-state index >= 15 is 0 Å². The van der Waals surface area contributed by atoms with E-state index in [0.29, 0.717) is 23.2 Å². The number of ether oxygens (including phenoxy) is 2. The van der Waals surface area contributed by atoms with E-state index < -0.39 is 40.3 Å². The number of rotatable bonds is 5. The second kappa shape index (κ2) is 7.86. The Balaban J connectivity index is 1.96. The van der Waals surface area contributed by atoms with Gasteiger partial charge in [-0.2, -0.15) is 13.2 Å². The van der Waals surface area contributed by atoms with Gasteiger partial charge in [-0.15, -0.1) is 5.10 Å². The summed E-state index contributed by atoms with van der Waals surface area (Å²) in [4.78, 5) is 12.0. The lowest BCUT2D eigenvalue weighted by Crippen LogP contribution is -2.20. The summed E-state index contributed by atoms with van der Waals surface area (Å²) in [7, 11) is 0. The fourth-order valence-corrected chi connectivity index (χ4v) is 2.81. The summed E-state index contributed by atoms with van der Waals surface area (Å²) in [6, 6.07) is 4.42. The molecule has 0 aliphatic carbocycles. The van der Waals surface area contributed by atoms with E-state index in [1.54, 1.807) is 13.8 Å². The summed E-state index contributed by atoms with van der Waals surface area (Å²) in [6.45, 7) is 3.42. The Labute approximate surface area is 167 Å². The molecule has 1 atom stereocenters. The van der Waals surface area contributed by atoms with Crippen LogP contribution in [0, 0.1) is 5.82 Å². The number of hydrogen-bond acceptors (Lipinski definition) is 5. The molecule has 1 unspecified atom stereocenters. The van der Waals surface area contributed by atoms with Crippen LogP contribution in [0.25, 0.3) is 11.0 Å². The van der Waals surface area contributed by atoms with Crippen LogP contribution in [0.2, 0.25) is 5.02 Å². The molecule has 0 aliphatic rings. The van der Waals surface area contributed by atoms with E-state index in [4.69, 9.17) is 21.1 Å². The van der Waals surface area contributed by atoms with Gasteiger partial charge in [0.25, 0.3) is 0 Å². The first-order chi connectivity index (χ1) is 13.6. The molecule has 0 N–H and O–H groups in total. The Morgan fingerprint density at radius 2 is 2.00 bits per heavy atom. The highest BCUT2D eigenvalue weighted by molar-refractivity contribution is 6.32. The van der Waals surface area contributed by atoms with Crippen LogP contribution in [0.3, 0.4) is 0 Å². The molecule has 11 heteroatoms. The minimum absolute atomic E-state index is 0.0673. The number of benzene rings is 2. The highest BCUT2D eigenvalue weighted by Crippen LogP contribution is 2.39. The number of aromatic nitrogens is 3. The second-order valence-corrected chi connectivity index (χ2v) is 6.39. The number of esters is 1. The maximum Gasteiger partial charge on any atom is 0.416 e. The Morgan fingerprint density at radius 1 is 1.28 bits per heavy atom. The first-order valence-corrected chi connectivity index (χ1v) is 8.75. The Hall–Kier alpha value is -2.88. The van der Waals surface area contributed by atoms with Gasteiger partial charge < -0.3 is 9.47 Å². The maximum atomic E-state index is 14.2. The van der Waals surface area contributed by atoms with Gasteiger partial charge in [0.1, 0.15) is 17.3 Å². The molecule has 0 radical (unpaired) electrons. The molecule has 1 aromatic heterocycles. The van der Waals surface area contributed by atoms with Gasteiger partial charge in [-0.05, 0) is 38.1 Å². The number of carbonyl (C=O) groups is 1. The molecule has 0 amide bonds. The summed E-state index contributed by atoms with van der Waals surface area (Å²) in [5.74, 6) is -2.28. The zero-order valence-corrected chi connectivity index (χ0v) is 15.9. The molecule has 3 rings (SSSR count). The van der Waals surface area contributed by atoms with E-state index in [1.807, 2.05) is 0 Å². The van der Waals surface area contributed by atoms with Gasteiger partial charge in [0, 0.05) is 6.07 Å². The van der Waals surface area contributed by atoms with Gasteiger partial charge in [-0.25, -0.2) is 13.9 Å². The van der Waals surface area contributed by atoms with Crippen LogP contribution in [-0.2, 0) is 15.7 Å². The largest absolute Gasteiger partial charge is 0.464 e.